The van der Waals surface area contributed by atoms with Crippen LogP contribution in [0.1, 0.15) is 12.5 Å². The summed E-state index contributed by atoms with van der Waals surface area (Å²) in [6, 6.07) is 25.1. The Kier molecular flexibility index (Phi) is 7.32. The van der Waals surface area contributed by atoms with Gasteiger partial charge in [-0.2, -0.15) is 0 Å². The van der Waals surface area contributed by atoms with Gasteiger partial charge in [-0.05, 0) is 30.7 Å². The number of carbonyl (C=O) groups is 1. The molecule has 0 bridgehead atoms. The lowest BCUT2D eigenvalue weighted by molar-refractivity contribution is -0.120. The van der Waals surface area contributed by atoms with E-state index < -0.39 is 0 Å². The third-order valence-corrected chi connectivity index (χ3v) is 6.36. The van der Waals surface area contributed by atoms with Crippen LogP contribution in [0, 0.1) is 0 Å². The van der Waals surface area contributed by atoms with Gasteiger partial charge in [0.25, 0.3) is 0 Å². The number of nitrogens with zero attached hydrogens (tertiary/aromatic N) is 3. The molecule has 0 aliphatic rings. The van der Waals surface area contributed by atoms with Crippen molar-refractivity contribution in [2.24, 2.45) is 0 Å². The van der Waals surface area contributed by atoms with Gasteiger partial charge >= 0.3 is 0 Å². The van der Waals surface area contributed by atoms with Gasteiger partial charge in [-0.15, -0.1) is 10.2 Å². The number of halogens is 1. The molecule has 1 unspecified atom stereocenters. The fourth-order valence-corrected chi connectivity index (χ4v) is 4.43. The zero-order valence-electron chi connectivity index (χ0n) is 18.2. The molecule has 0 spiro atoms. The number of methoxy groups -OCH3 is 1. The number of hydrogen-bond acceptors (Lipinski definition) is 5. The van der Waals surface area contributed by atoms with Crippen LogP contribution in [0.2, 0.25) is 5.02 Å². The molecule has 0 fully saturated rings. The summed E-state index contributed by atoms with van der Waals surface area (Å²) < 4.78 is 7.20. The third kappa shape index (κ3) is 5.38. The van der Waals surface area contributed by atoms with Crippen molar-refractivity contribution >= 4 is 29.3 Å². The molecule has 1 atom stereocenters. The van der Waals surface area contributed by atoms with Gasteiger partial charge < -0.3 is 10.1 Å². The largest absolute Gasteiger partial charge is 0.495 e. The molecule has 0 aliphatic carbocycles. The molecular weight excluding hydrogens is 456 g/mol. The normalized spacial score (nSPS) is 11.7. The van der Waals surface area contributed by atoms with Gasteiger partial charge in [-0.3, -0.25) is 9.36 Å². The Hall–Kier alpha value is -3.29. The Labute approximate surface area is 202 Å². The number of rotatable bonds is 8. The molecule has 1 heterocycles. The van der Waals surface area contributed by atoms with E-state index in [9.17, 15) is 4.79 Å². The molecule has 168 valence electrons. The van der Waals surface area contributed by atoms with E-state index in [1.807, 2.05) is 78.2 Å². The van der Waals surface area contributed by atoms with Gasteiger partial charge in [0.1, 0.15) is 5.75 Å². The van der Waals surface area contributed by atoms with Crippen LogP contribution in [0.4, 0.5) is 0 Å². The van der Waals surface area contributed by atoms with Gasteiger partial charge in [0, 0.05) is 12.1 Å². The molecule has 8 heteroatoms. The van der Waals surface area contributed by atoms with E-state index in [0.29, 0.717) is 28.3 Å². The minimum atomic E-state index is -0.381. The van der Waals surface area contributed by atoms with Gasteiger partial charge in [0.15, 0.2) is 11.0 Å². The van der Waals surface area contributed by atoms with E-state index in [4.69, 9.17) is 16.3 Å². The minimum Gasteiger partial charge on any atom is -0.495 e. The number of carbonyl (C=O) groups excluding carboxylic acids is 1. The zero-order chi connectivity index (χ0) is 23.2. The van der Waals surface area contributed by atoms with E-state index in [0.717, 1.165) is 16.8 Å². The summed E-state index contributed by atoms with van der Waals surface area (Å²) in [5.41, 5.74) is 2.74. The molecule has 3 aromatic carbocycles. The highest BCUT2D eigenvalue weighted by molar-refractivity contribution is 8.00. The molecule has 1 N–H and O–H groups in total. The molecule has 0 aliphatic heterocycles. The number of hydrogen-bond donors (Lipinski definition) is 1. The van der Waals surface area contributed by atoms with Crippen LogP contribution < -0.4 is 10.1 Å². The first-order chi connectivity index (χ1) is 16.1. The van der Waals surface area contributed by atoms with Crippen molar-refractivity contribution in [2.75, 3.05) is 7.11 Å². The van der Waals surface area contributed by atoms with Crippen LogP contribution in [0.3, 0.4) is 0 Å². The molecule has 6 nitrogen and oxygen atoms in total. The maximum absolute atomic E-state index is 12.8. The molecular formula is C25H23ClN4O2S. The molecule has 0 radical (unpaired) electrons. The van der Waals surface area contributed by atoms with Crippen LogP contribution >= 0.6 is 23.4 Å². The number of thioether (sulfide) groups is 1. The van der Waals surface area contributed by atoms with Crippen LogP contribution in [-0.4, -0.2) is 33.0 Å². The Balaban J connectivity index is 1.62. The van der Waals surface area contributed by atoms with Crippen molar-refractivity contribution in [3.63, 3.8) is 0 Å². The predicted octanol–water partition coefficient (Wildman–Crippen LogP) is 5.39. The summed E-state index contributed by atoms with van der Waals surface area (Å²) in [4.78, 5) is 12.8. The van der Waals surface area contributed by atoms with Crippen LogP contribution in [0.5, 0.6) is 5.75 Å². The fourth-order valence-electron chi connectivity index (χ4n) is 3.29. The van der Waals surface area contributed by atoms with E-state index in [1.165, 1.54) is 11.8 Å². The maximum atomic E-state index is 12.8. The fraction of sp³-hybridized carbons (Fsp3) is 0.160. The zero-order valence-corrected chi connectivity index (χ0v) is 19.8. The first-order valence-electron chi connectivity index (χ1n) is 10.4. The SMILES string of the molecule is COc1ccc(-n2c(SC(C)C(=O)NCc3ccccc3)nnc2-c2ccccc2)cc1Cl. The molecule has 4 aromatic rings. The predicted molar refractivity (Wildman–Crippen MR) is 132 cm³/mol. The smallest absolute Gasteiger partial charge is 0.233 e. The summed E-state index contributed by atoms with van der Waals surface area (Å²) in [6.45, 7) is 2.33. The maximum Gasteiger partial charge on any atom is 0.233 e. The van der Waals surface area contributed by atoms with Gasteiger partial charge in [0.05, 0.1) is 23.1 Å². The molecule has 33 heavy (non-hydrogen) atoms. The topological polar surface area (TPSA) is 69.0 Å². The number of benzene rings is 3. The van der Waals surface area contributed by atoms with Crippen molar-refractivity contribution in [3.8, 4) is 22.8 Å². The van der Waals surface area contributed by atoms with Crippen LogP contribution in [0.15, 0.2) is 84.0 Å². The lowest BCUT2D eigenvalue weighted by Crippen LogP contribution is -2.30. The Bertz CT molecular complexity index is 1230. The molecule has 4 rings (SSSR count). The first kappa shape index (κ1) is 22.9. The Morgan fingerprint density at radius 1 is 1.06 bits per heavy atom. The number of aromatic nitrogens is 3. The van der Waals surface area contributed by atoms with Gasteiger partial charge in [-0.25, -0.2) is 0 Å². The standard InChI is InChI=1S/C25H23ClN4O2S/c1-17(24(31)27-16-18-9-5-3-6-10-18)33-25-29-28-23(19-11-7-4-8-12-19)30(25)20-13-14-22(32-2)21(26)15-20/h3-15,17H,16H2,1-2H3,(H,27,31). The van der Waals surface area contributed by atoms with Crippen LogP contribution in [-0.2, 0) is 11.3 Å². The summed E-state index contributed by atoms with van der Waals surface area (Å²) >= 11 is 7.75. The van der Waals surface area contributed by atoms with Crippen molar-refractivity contribution in [2.45, 2.75) is 23.9 Å². The second-order valence-electron chi connectivity index (χ2n) is 7.29. The second-order valence-corrected chi connectivity index (χ2v) is 9.01. The van der Waals surface area contributed by atoms with Gasteiger partial charge in [-0.1, -0.05) is 84.0 Å². The Morgan fingerprint density at radius 2 is 1.76 bits per heavy atom. The van der Waals surface area contributed by atoms with E-state index >= 15 is 0 Å². The molecule has 1 amide bonds. The lowest BCUT2D eigenvalue weighted by Gasteiger charge is -2.15. The number of ether oxygens (including phenoxy) is 1. The highest BCUT2D eigenvalue weighted by Crippen LogP contribution is 2.33. The van der Waals surface area contributed by atoms with Crippen molar-refractivity contribution in [1.29, 1.82) is 0 Å². The van der Waals surface area contributed by atoms with Crippen LogP contribution in [0.25, 0.3) is 17.1 Å². The van der Waals surface area contributed by atoms with Crippen molar-refractivity contribution < 1.29 is 9.53 Å². The number of amides is 1. The second kappa shape index (κ2) is 10.6. The average molecular weight is 479 g/mol. The minimum absolute atomic E-state index is 0.0765. The highest BCUT2D eigenvalue weighted by Gasteiger charge is 2.22. The lowest BCUT2D eigenvalue weighted by atomic mass is 10.2. The monoisotopic (exact) mass is 478 g/mol. The Morgan fingerprint density at radius 3 is 2.42 bits per heavy atom. The third-order valence-electron chi connectivity index (χ3n) is 5.02. The highest BCUT2D eigenvalue weighted by atomic mass is 35.5. The summed E-state index contributed by atoms with van der Waals surface area (Å²) in [5, 5.41) is 12.5. The molecule has 1 aromatic heterocycles. The van der Waals surface area contributed by atoms with Gasteiger partial charge in [0.2, 0.25) is 5.91 Å². The molecule has 0 saturated carbocycles. The first-order valence-corrected chi connectivity index (χ1v) is 11.7. The summed E-state index contributed by atoms with van der Waals surface area (Å²) in [6.07, 6.45) is 0. The molecule has 0 saturated heterocycles. The van der Waals surface area contributed by atoms with Crippen molar-refractivity contribution in [3.05, 3.63) is 89.4 Å². The van der Waals surface area contributed by atoms with E-state index in [-0.39, 0.29) is 11.2 Å². The number of nitrogens with one attached hydrogen (secondary N) is 1. The quantitative estimate of drug-likeness (QED) is 0.344. The summed E-state index contributed by atoms with van der Waals surface area (Å²) in [5.74, 6) is 1.17. The van der Waals surface area contributed by atoms with Crippen molar-refractivity contribution in [1.82, 2.24) is 20.1 Å². The van der Waals surface area contributed by atoms with E-state index in [2.05, 4.69) is 15.5 Å². The average Bonchev–Trinajstić information content (AvgIpc) is 3.27. The summed E-state index contributed by atoms with van der Waals surface area (Å²) in [7, 11) is 1.58. The van der Waals surface area contributed by atoms with E-state index in [1.54, 1.807) is 19.2 Å².